The van der Waals surface area contributed by atoms with Gasteiger partial charge in [-0.2, -0.15) is 5.10 Å². The van der Waals surface area contributed by atoms with Crippen LogP contribution in [-0.2, 0) is 13.7 Å². The van der Waals surface area contributed by atoms with E-state index in [0.717, 1.165) is 36.8 Å². The van der Waals surface area contributed by atoms with Crippen molar-refractivity contribution in [3.63, 3.8) is 0 Å². The first-order chi connectivity index (χ1) is 15.0. The van der Waals surface area contributed by atoms with Gasteiger partial charge in [-0.05, 0) is 55.7 Å². The molecule has 3 heterocycles. The number of hydrogen-bond donors (Lipinski definition) is 1. The van der Waals surface area contributed by atoms with Gasteiger partial charge in [0.05, 0.1) is 11.9 Å². The number of likely N-dealkylation sites (tertiary alicyclic amines) is 1. The summed E-state index contributed by atoms with van der Waals surface area (Å²) in [5.41, 5.74) is 0.729. The van der Waals surface area contributed by atoms with Gasteiger partial charge in [-0.25, -0.2) is 0 Å². The summed E-state index contributed by atoms with van der Waals surface area (Å²) in [7, 11) is 1.69. The molecule has 4 rings (SSSR count). The van der Waals surface area contributed by atoms with Gasteiger partial charge < -0.3 is 19.4 Å². The zero-order valence-electron chi connectivity index (χ0n) is 17.1. The van der Waals surface area contributed by atoms with E-state index in [4.69, 9.17) is 9.15 Å². The number of benzene rings is 1. The maximum Gasteiger partial charge on any atom is 0.291 e. The lowest BCUT2D eigenvalue weighted by atomic mass is 10.1. The van der Waals surface area contributed by atoms with Gasteiger partial charge in [0.25, 0.3) is 11.8 Å². The van der Waals surface area contributed by atoms with E-state index in [1.807, 2.05) is 24.3 Å². The van der Waals surface area contributed by atoms with Gasteiger partial charge in [0, 0.05) is 24.6 Å². The molecule has 0 unspecified atom stereocenters. The topological polar surface area (TPSA) is 89.6 Å². The van der Waals surface area contributed by atoms with Crippen molar-refractivity contribution < 1.29 is 18.7 Å². The Balaban J connectivity index is 1.41. The lowest BCUT2D eigenvalue weighted by molar-refractivity contribution is 0.0714. The predicted molar refractivity (Wildman–Crippen MR) is 118 cm³/mol. The predicted octanol–water partition coefficient (Wildman–Crippen LogP) is 4.23. The van der Waals surface area contributed by atoms with Gasteiger partial charge >= 0.3 is 0 Å². The molecule has 1 saturated heterocycles. The molecule has 0 radical (unpaired) electrons. The fraction of sp³-hybridized carbons (Fsp3) is 0.318. The zero-order valence-corrected chi connectivity index (χ0v) is 18.7. The molecule has 3 aromatic rings. The third-order valence-corrected chi connectivity index (χ3v) is 5.64. The van der Waals surface area contributed by atoms with Crippen molar-refractivity contribution in [1.29, 1.82) is 0 Å². The van der Waals surface area contributed by atoms with E-state index < -0.39 is 5.91 Å². The molecule has 1 aliphatic heterocycles. The standard InChI is InChI=1S/C22H23BrN4O4/c1-26-20(22(29)27-11-3-2-4-12-27)18(13-24-26)25-21(28)19-10-9-17(31-19)14-30-16-7-5-15(23)6-8-16/h5-10,13H,2-4,11-12,14H2,1H3,(H,25,28). The summed E-state index contributed by atoms with van der Waals surface area (Å²) in [6.45, 7) is 1.63. The number of hydrogen-bond acceptors (Lipinski definition) is 5. The Labute approximate surface area is 188 Å². The van der Waals surface area contributed by atoms with Gasteiger partial charge in [0.15, 0.2) is 5.76 Å². The number of nitrogens with zero attached hydrogens (tertiary/aromatic N) is 3. The second-order valence-corrected chi connectivity index (χ2v) is 8.26. The van der Waals surface area contributed by atoms with E-state index >= 15 is 0 Å². The van der Waals surface area contributed by atoms with Crippen LogP contribution in [0.3, 0.4) is 0 Å². The number of amides is 2. The first kappa shape index (κ1) is 21.2. The Hall–Kier alpha value is -3.07. The number of aromatic nitrogens is 2. The van der Waals surface area contributed by atoms with Gasteiger partial charge in [-0.1, -0.05) is 15.9 Å². The third kappa shape index (κ3) is 4.99. The first-order valence-electron chi connectivity index (χ1n) is 10.1. The fourth-order valence-electron chi connectivity index (χ4n) is 3.48. The van der Waals surface area contributed by atoms with Crippen molar-refractivity contribution in [2.24, 2.45) is 7.05 Å². The van der Waals surface area contributed by atoms with E-state index in [-0.39, 0.29) is 18.3 Å². The number of nitrogens with one attached hydrogen (secondary N) is 1. The second-order valence-electron chi connectivity index (χ2n) is 7.35. The molecule has 2 amide bonds. The van der Waals surface area contributed by atoms with Crippen molar-refractivity contribution in [2.45, 2.75) is 25.9 Å². The molecule has 0 bridgehead atoms. The summed E-state index contributed by atoms with van der Waals surface area (Å²) < 4.78 is 13.7. The fourth-order valence-corrected chi connectivity index (χ4v) is 3.74. The van der Waals surface area contributed by atoms with Gasteiger partial charge in [-0.3, -0.25) is 14.3 Å². The van der Waals surface area contributed by atoms with E-state index in [1.54, 1.807) is 24.1 Å². The summed E-state index contributed by atoms with van der Waals surface area (Å²) >= 11 is 3.38. The normalized spacial score (nSPS) is 13.8. The van der Waals surface area contributed by atoms with Gasteiger partial charge in [0.2, 0.25) is 0 Å². The number of piperidine rings is 1. The number of furan rings is 1. The molecular formula is C22H23BrN4O4. The highest BCUT2D eigenvalue weighted by Gasteiger charge is 2.25. The van der Waals surface area contributed by atoms with Crippen molar-refractivity contribution in [2.75, 3.05) is 18.4 Å². The average molecular weight is 487 g/mol. The first-order valence-corrected chi connectivity index (χ1v) is 10.9. The SMILES string of the molecule is Cn1ncc(NC(=O)c2ccc(COc3ccc(Br)cc3)o2)c1C(=O)N1CCCCC1. The Morgan fingerprint density at radius 1 is 1.13 bits per heavy atom. The largest absolute Gasteiger partial charge is 0.486 e. The van der Waals surface area contributed by atoms with Gasteiger partial charge in [0.1, 0.15) is 23.8 Å². The van der Waals surface area contributed by atoms with Crippen molar-refractivity contribution in [3.8, 4) is 5.75 Å². The Bertz CT molecular complexity index is 1070. The van der Waals surface area contributed by atoms with Crippen LogP contribution < -0.4 is 10.1 Å². The Morgan fingerprint density at radius 3 is 2.61 bits per heavy atom. The van der Waals surface area contributed by atoms with Crippen LogP contribution in [0.4, 0.5) is 5.69 Å². The molecule has 0 aliphatic carbocycles. The minimum Gasteiger partial charge on any atom is -0.486 e. The highest BCUT2D eigenvalue weighted by molar-refractivity contribution is 9.10. The van der Waals surface area contributed by atoms with Crippen LogP contribution in [0, 0.1) is 0 Å². The number of aryl methyl sites for hydroxylation is 1. The van der Waals surface area contributed by atoms with E-state index in [1.165, 1.54) is 10.9 Å². The Morgan fingerprint density at radius 2 is 1.87 bits per heavy atom. The lowest BCUT2D eigenvalue weighted by Crippen LogP contribution is -2.37. The van der Waals surface area contributed by atoms with E-state index in [2.05, 4.69) is 26.3 Å². The number of ether oxygens (including phenoxy) is 1. The average Bonchev–Trinajstić information content (AvgIpc) is 3.40. The number of carbonyl (C=O) groups is 2. The molecule has 1 aliphatic rings. The summed E-state index contributed by atoms with van der Waals surface area (Å²) in [6, 6.07) is 10.7. The van der Waals surface area contributed by atoms with Crippen molar-refractivity contribution in [3.05, 3.63) is 64.3 Å². The molecule has 0 spiro atoms. The van der Waals surface area contributed by atoms with Crippen molar-refractivity contribution in [1.82, 2.24) is 14.7 Å². The number of carbonyl (C=O) groups excluding carboxylic acids is 2. The smallest absolute Gasteiger partial charge is 0.291 e. The van der Waals surface area contributed by atoms with Crippen LogP contribution in [0.2, 0.25) is 0 Å². The van der Waals surface area contributed by atoms with Crippen molar-refractivity contribution >= 4 is 33.4 Å². The van der Waals surface area contributed by atoms with Crippen LogP contribution >= 0.6 is 15.9 Å². The van der Waals surface area contributed by atoms with Crippen LogP contribution in [0.15, 0.2) is 51.5 Å². The monoisotopic (exact) mass is 486 g/mol. The summed E-state index contributed by atoms with van der Waals surface area (Å²) in [4.78, 5) is 27.4. The minimum atomic E-state index is -0.449. The molecule has 2 aromatic heterocycles. The zero-order chi connectivity index (χ0) is 21.8. The molecule has 0 saturated carbocycles. The maximum absolute atomic E-state index is 12.9. The van der Waals surface area contributed by atoms with E-state index in [0.29, 0.717) is 22.9 Å². The van der Waals surface area contributed by atoms with Crippen LogP contribution in [0.5, 0.6) is 5.75 Å². The molecule has 1 N–H and O–H groups in total. The van der Waals surface area contributed by atoms with Crippen LogP contribution in [0.1, 0.15) is 46.1 Å². The number of rotatable bonds is 6. The molecule has 162 valence electrons. The second kappa shape index (κ2) is 9.38. The number of anilines is 1. The molecule has 9 heteroatoms. The third-order valence-electron chi connectivity index (χ3n) is 5.11. The Kier molecular flexibility index (Phi) is 6.41. The van der Waals surface area contributed by atoms with Gasteiger partial charge in [-0.15, -0.1) is 0 Å². The minimum absolute atomic E-state index is 0.127. The maximum atomic E-state index is 12.9. The highest BCUT2D eigenvalue weighted by Crippen LogP contribution is 2.22. The summed E-state index contributed by atoms with van der Waals surface area (Å²) in [6.07, 6.45) is 4.59. The molecule has 8 nitrogen and oxygen atoms in total. The lowest BCUT2D eigenvalue weighted by Gasteiger charge is -2.27. The molecule has 0 atom stereocenters. The summed E-state index contributed by atoms with van der Waals surface area (Å²) in [5, 5.41) is 6.91. The molecule has 1 aromatic carbocycles. The molecule has 31 heavy (non-hydrogen) atoms. The molecule has 1 fully saturated rings. The quantitative estimate of drug-likeness (QED) is 0.562. The van der Waals surface area contributed by atoms with E-state index in [9.17, 15) is 9.59 Å². The van der Waals surface area contributed by atoms with Crippen LogP contribution in [-0.4, -0.2) is 39.6 Å². The highest BCUT2D eigenvalue weighted by atomic mass is 79.9. The molecular weight excluding hydrogens is 464 g/mol. The summed E-state index contributed by atoms with van der Waals surface area (Å²) in [5.74, 6) is 0.772. The van der Waals surface area contributed by atoms with Crippen LogP contribution in [0.25, 0.3) is 0 Å². The number of halogens is 1.